The minimum atomic E-state index is -0.0575. The predicted octanol–water partition coefficient (Wildman–Crippen LogP) is 0.422. The summed E-state index contributed by atoms with van der Waals surface area (Å²) in [4.78, 5) is 13.3. The number of likely N-dealkylation sites (tertiary alicyclic amines) is 1. The molecule has 0 atom stereocenters. The van der Waals surface area contributed by atoms with Crippen LogP contribution in [0.15, 0.2) is 0 Å². The Kier molecular flexibility index (Phi) is 2.85. The zero-order valence-electron chi connectivity index (χ0n) is 7.84. The summed E-state index contributed by atoms with van der Waals surface area (Å²) in [6.07, 6.45) is 1.26. The molecule has 1 aliphatic rings. The van der Waals surface area contributed by atoms with Gasteiger partial charge in [-0.3, -0.25) is 9.69 Å². The summed E-state index contributed by atoms with van der Waals surface area (Å²) >= 11 is 0. The first-order valence-electron chi connectivity index (χ1n) is 4.44. The van der Waals surface area contributed by atoms with E-state index in [4.69, 9.17) is 5.11 Å². The monoisotopic (exact) mass is 171 g/mol. The molecule has 0 aliphatic carbocycles. The molecule has 0 aromatic heterocycles. The maximum absolute atomic E-state index is 11.1. The summed E-state index contributed by atoms with van der Waals surface area (Å²) in [5.41, 5.74) is -0.0575. The molecule has 0 saturated carbocycles. The standard InChI is InChI=1S/C9H17NO2/c1-9(2)7-8(12)3-4-10(9)5-6-11/h11H,3-7H2,1-2H3. The first-order chi connectivity index (χ1) is 5.56. The van der Waals surface area contributed by atoms with Crippen molar-refractivity contribution in [3.63, 3.8) is 0 Å². The molecule has 1 fully saturated rings. The molecule has 1 N–H and O–H groups in total. The first kappa shape index (κ1) is 9.68. The highest BCUT2D eigenvalue weighted by molar-refractivity contribution is 5.80. The highest BCUT2D eigenvalue weighted by Gasteiger charge is 2.32. The van der Waals surface area contributed by atoms with Gasteiger partial charge < -0.3 is 5.11 Å². The normalized spacial score (nSPS) is 24.4. The minimum Gasteiger partial charge on any atom is -0.395 e. The lowest BCUT2D eigenvalue weighted by Crippen LogP contribution is -2.51. The molecule has 1 rings (SSSR count). The van der Waals surface area contributed by atoms with Crippen LogP contribution in [-0.4, -0.2) is 41.0 Å². The van der Waals surface area contributed by atoms with Crippen molar-refractivity contribution in [1.29, 1.82) is 0 Å². The Labute approximate surface area is 73.4 Å². The molecule has 1 aliphatic heterocycles. The molecule has 0 radical (unpaired) electrons. The maximum atomic E-state index is 11.1. The van der Waals surface area contributed by atoms with Crippen LogP contribution >= 0.6 is 0 Å². The first-order valence-corrected chi connectivity index (χ1v) is 4.44. The van der Waals surface area contributed by atoms with Crippen molar-refractivity contribution >= 4 is 5.78 Å². The minimum absolute atomic E-state index is 0.0575. The lowest BCUT2D eigenvalue weighted by molar-refractivity contribution is -0.125. The molecular weight excluding hydrogens is 154 g/mol. The summed E-state index contributed by atoms with van der Waals surface area (Å²) in [5, 5.41) is 8.79. The van der Waals surface area contributed by atoms with E-state index in [1.165, 1.54) is 0 Å². The molecule has 0 aromatic rings. The average Bonchev–Trinajstić information content (AvgIpc) is 1.94. The van der Waals surface area contributed by atoms with Gasteiger partial charge in [0.2, 0.25) is 0 Å². The third-order valence-electron chi connectivity index (χ3n) is 2.52. The van der Waals surface area contributed by atoms with Crippen molar-refractivity contribution in [2.45, 2.75) is 32.2 Å². The van der Waals surface area contributed by atoms with E-state index in [1.807, 2.05) is 0 Å². The zero-order chi connectivity index (χ0) is 9.19. The van der Waals surface area contributed by atoms with Crippen molar-refractivity contribution in [1.82, 2.24) is 4.90 Å². The Balaban J connectivity index is 2.57. The van der Waals surface area contributed by atoms with Gasteiger partial charge in [-0.15, -0.1) is 0 Å². The molecule has 0 spiro atoms. The molecule has 3 nitrogen and oxygen atoms in total. The Morgan fingerprint density at radius 3 is 2.75 bits per heavy atom. The second-order valence-corrected chi connectivity index (χ2v) is 3.99. The van der Waals surface area contributed by atoms with Gasteiger partial charge in [-0.25, -0.2) is 0 Å². The molecule has 0 unspecified atom stereocenters. The van der Waals surface area contributed by atoms with Gasteiger partial charge in [-0.05, 0) is 13.8 Å². The molecule has 70 valence electrons. The number of hydrogen-bond donors (Lipinski definition) is 1. The van der Waals surface area contributed by atoms with E-state index >= 15 is 0 Å². The third-order valence-corrected chi connectivity index (χ3v) is 2.52. The number of rotatable bonds is 2. The van der Waals surface area contributed by atoms with Crippen molar-refractivity contribution in [3.05, 3.63) is 0 Å². The van der Waals surface area contributed by atoms with E-state index in [9.17, 15) is 4.79 Å². The van der Waals surface area contributed by atoms with Crippen LogP contribution in [0.1, 0.15) is 26.7 Å². The number of aliphatic hydroxyl groups excluding tert-OH is 1. The molecule has 1 heterocycles. The lowest BCUT2D eigenvalue weighted by atomic mass is 9.90. The highest BCUT2D eigenvalue weighted by atomic mass is 16.3. The van der Waals surface area contributed by atoms with E-state index in [0.29, 0.717) is 25.2 Å². The quantitative estimate of drug-likeness (QED) is 0.654. The summed E-state index contributed by atoms with van der Waals surface area (Å²) in [5.74, 6) is 0.342. The van der Waals surface area contributed by atoms with Crippen LogP contribution in [0.2, 0.25) is 0 Å². The number of β-amino-alcohol motifs (C(OH)–C–C–N with tert-alkyl or cyclic N) is 1. The zero-order valence-corrected chi connectivity index (χ0v) is 7.84. The van der Waals surface area contributed by atoms with E-state index in [-0.39, 0.29) is 12.1 Å². The van der Waals surface area contributed by atoms with Crippen LogP contribution in [0.5, 0.6) is 0 Å². The molecule has 0 bridgehead atoms. The summed E-state index contributed by atoms with van der Waals surface area (Å²) < 4.78 is 0. The molecule has 1 saturated heterocycles. The van der Waals surface area contributed by atoms with E-state index in [1.54, 1.807) is 0 Å². The van der Waals surface area contributed by atoms with Crippen LogP contribution in [0.3, 0.4) is 0 Å². The van der Waals surface area contributed by atoms with Crippen LogP contribution in [-0.2, 0) is 4.79 Å². The average molecular weight is 171 g/mol. The van der Waals surface area contributed by atoms with Gasteiger partial charge in [0.15, 0.2) is 0 Å². The fourth-order valence-corrected chi connectivity index (χ4v) is 1.78. The molecule has 0 aromatic carbocycles. The number of carbonyl (C=O) groups is 1. The number of carbonyl (C=O) groups excluding carboxylic acids is 1. The van der Waals surface area contributed by atoms with Crippen molar-refractivity contribution < 1.29 is 9.90 Å². The van der Waals surface area contributed by atoms with Crippen LogP contribution in [0.4, 0.5) is 0 Å². The number of nitrogens with zero attached hydrogens (tertiary/aromatic N) is 1. The Bertz CT molecular complexity index is 177. The Hall–Kier alpha value is -0.410. The lowest BCUT2D eigenvalue weighted by Gasteiger charge is -2.41. The number of aliphatic hydroxyl groups is 1. The summed E-state index contributed by atoms with van der Waals surface area (Å²) in [7, 11) is 0. The summed E-state index contributed by atoms with van der Waals surface area (Å²) in [6.45, 7) is 5.77. The van der Waals surface area contributed by atoms with Gasteiger partial charge in [0.1, 0.15) is 5.78 Å². The Morgan fingerprint density at radius 1 is 1.58 bits per heavy atom. The van der Waals surface area contributed by atoms with E-state index in [2.05, 4.69) is 18.7 Å². The van der Waals surface area contributed by atoms with Gasteiger partial charge in [0.25, 0.3) is 0 Å². The van der Waals surface area contributed by atoms with Gasteiger partial charge in [-0.2, -0.15) is 0 Å². The molecule has 0 amide bonds. The second kappa shape index (κ2) is 3.54. The SMILES string of the molecule is CC1(C)CC(=O)CCN1CCO. The number of Topliss-reactive ketones (excluding diaryl/α,β-unsaturated/α-hetero) is 1. The number of piperidine rings is 1. The molecule has 3 heteroatoms. The fourth-order valence-electron chi connectivity index (χ4n) is 1.78. The second-order valence-electron chi connectivity index (χ2n) is 3.99. The van der Waals surface area contributed by atoms with Gasteiger partial charge in [0, 0.05) is 31.5 Å². The Morgan fingerprint density at radius 2 is 2.25 bits per heavy atom. The third kappa shape index (κ3) is 2.05. The predicted molar refractivity (Wildman–Crippen MR) is 47.0 cm³/mol. The maximum Gasteiger partial charge on any atom is 0.136 e. The molecular formula is C9H17NO2. The van der Waals surface area contributed by atoms with Gasteiger partial charge >= 0.3 is 0 Å². The van der Waals surface area contributed by atoms with Crippen molar-refractivity contribution in [2.75, 3.05) is 19.7 Å². The van der Waals surface area contributed by atoms with Gasteiger partial charge in [-0.1, -0.05) is 0 Å². The molecule has 12 heavy (non-hydrogen) atoms. The van der Waals surface area contributed by atoms with Crippen molar-refractivity contribution in [3.8, 4) is 0 Å². The summed E-state index contributed by atoms with van der Waals surface area (Å²) in [6, 6.07) is 0. The van der Waals surface area contributed by atoms with Gasteiger partial charge in [0.05, 0.1) is 6.61 Å². The number of ketones is 1. The number of hydrogen-bond acceptors (Lipinski definition) is 3. The van der Waals surface area contributed by atoms with Crippen molar-refractivity contribution in [2.24, 2.45) is 0 Å². The fraction of sp³-hybridized carbons (Fsp3) is 0.889. The van der Waals surface area contributed by atoms with E-state index in [0.717, 1.165) is 6.54 Å². The topological polar surface area (TPSA) is 40.5 Å². The highest BCUT2D eigenvalue weighted by Crippen LogP contribution is 2.24. The largest absolute Gasteiger partial charge is 0.395 e. The van der Waals surface area contributed by atoms with Crippen LogP contribution in [0, 0.1) is 0 Å². The van der Waals surface area contributed by atoms with E-state index < -0.39 is 0 Å². The smallest absolute Gasteiger partial charge is 0.136 e. The van der Waals surface area contributed by atoms with Crippen LogP contribution in [0.25, 0.3) is 0 Å². The van der Waals surface area contributed by atoms with Crippen LogP contribution < -0.4 is 0 Å².